The molecular weight excluding hydrogens is 380 g/mol. The number of hydrogen-bond acceptors (Lipinski definition) is 6. The lowest BCUT2D eigenvalue weighted by atomic mass is 9.98. The van der Waals surface area contributed by atoms with Crippen LogP contribution in [0, 0.1) is 11.3 Å². The van der Waals surface area contributed by atoms with Crippen LogP contribution >= 0.6 is 0 Å². The van der Waals surface area contributed by atoms with Gasteiger partial charge in [-0.2, -0.15) is 5.26 Å². The van der Waals surface area contributed by atoms with E-state index in [2.05, 4.69) is 40.4 Å². The number of likely N-dealkylation sites (N-methyl/N-ethyl adjacent to an activating group) is 1. The van der Waals surface area contributed by atoms with E-state index in [1.54, 1.807) is 6.92 Å². The molecule has 0 radical (unpaired) electrons. The SMILES string of the molecule is CC(=C(C#N)C(=O)NCC(O)CO)c1ccc2cc(N3CCN(C)CC3)ccc2c1. The Hall–Kier alpha value is -2.92. The second-order valence-corrected chi connectivity index (χ2v) is 7.69. The third kappa shape index (κ3) is 4.97. The fourth-order valence-corrected chi connectivity index (χ4v) is 3.54. The summed E-state index contributed by atoms with van der Waals surface area (Å²) in [5, 5.41) is 32.4. The zero-order chi connectivity index (χ0) is 21.7. The highest BCUT2D eigenvalue weighted by Crippen LogP contribution is 2.27. The molecule has 1 fully saturated rings. The average Bonchev–Trinajstić information content (AvgIpc) is 2.77. The van der Waals surface area contributed by atoms with Gasteiger partial charge in [0.1, 0.15) is 11.6 Å². The number of nitrogens with one attached hydrogen (secondary N) is 1. The predicted molar refractivity (Wildman–Crippen MR) is 118 cm³/mol. The number of amides is 1. The monoisotopic (exact) mass is 408 g/mol. The topological polar surface area (TPSA) is 99.8 Å². The van der Waals surface area contributed by atoms with Crippen LogP contribution in [-0.4, -0.2) is 73.5 Å². The van der Waals surface area contributed by atoms with Crippen molar-refractivity contribution in [3.05, 3.63) is 47.5 Å². The summed E-state index contributed by atoms with van der Waals surface area (Å²) in [7, 11) is 2.14. The normalized spacial score (nSPS) is 16.7. The molecule has 1 saturated heterocycles. The summed E-state index contributed by atoms with van der Waals surface area (Å²) in [6.07, 6.45) is -1.05. The zero-order valence-electron chi connectivity index (χ0n) is 17.4. The number of benzene rings is 2. The Kier molecular flexibility index (Phi) is 7.06. The molecular formula is C23H28N4O3. The van der Waals surface area contributed by atoms with Crippen molar-refractivity contribution in [2.24, 2.45) is 0 Å². The average molecular weight is 409 g/mol. The number of aliphatic hydroxyl groups is 2. The summed E-state index contributed by atoms with van der Waals surface area (Å²) in [6, 6.07) is 14.2. The van der Waals surface area contributed by atoms with Crippen LogP contribution in [0.15, 0.2) is 42.0 Å². The molecule has 1 aliphatic heterocycles. The van der Waals surface area contributed by atoms with E-state index in [4.69, 9.17) is 5.11 Å². The molecule has 0 saturated carbocycles. The maximum absolute atomic E-state index is 12.3. The molecule has 158 valence electrons. The largest absolute Gasteiger partial charge is 0.394 e. The number of aliphatic hydroxyl groups excluding tert-OH is 2. The molecule has 30 heavy (non-hydrogen) atoms. The highest BCUT2D eigenvalue weighted by Gasteiger charge is 2.17. The number of nitriles is 1. The van der Waals surface area contributed by atoms with Crippen LogP contribution < -0.4 is 10.2 Å². The maximum atomic E-state index is 12.3. The van der Waals surface area contributed by atoms with Crippen molar-refractivity contribution < 1.29 is 15.0 Å². The second kappa shape index (κ2) is 9.72. The number of piperazine rings is 1. The highest BCUT2D eigenvalue weighted by molar-refractivity contribution is 6.05. The molecule has 0 aliphatic carbocycles. The van der Waals surface area contributed by atoms with Crippen molar-refractivity contribution in [2.75, 3.05) is 51.3 Å². The van der Waals surface area contributed by atoms with Gasteiger partial charge in [0.25, 0.3) is 5.91 Å². The van der Waals surface area contributed by atoms with Gasteiger partial charge in [0.05, 0.1) is 12.7 Å². The van der Waals surface area contributed by atoms with Gasteiger partial charge in [-0.25, -0.2) is 0 Å². The number of fused-ring (bicyclic) bond motifs is 1. The number of anilines is 1. The lowest BCUT2D eigenvalue weighted by molar-refractivity contribution is -0.117. The number of carbonyl (C=O) groups is 1. The molecule has 0 spiro atoms. The van der Waals surface area contributed by atoms with Gasteiger partial charge < -0.3 is 25.3 Å². The molecule has 1 aliphatic rings. The smallest absolute Gasteiger partial charge is 0.262 e. The van der Waals surface area contributed by atoms with Gasteiger partial charge in [0.15, 0.2) is 0 Å². The standard InChI is InChI=1S/C23H28N4O3/c1-16(22(13-24)23(30)25-14-21(29)15-28)17-3-4-19-12-20(6-5-18(19)11-17)27-9-7-26(2)8-10-27/h3-6,11-12,21,28-29H,7-10,14-15H2,1-2H3,(H,25,30). The molecule has 7 nitrogen and oxygen atoms in total. The van der Waals surface area contributed by atoms with E-state index in [-0.39, 0.29) is 12.1 Å². The van der Waals surface area contributed by atoms with Crippen molar-refractivity contribution in [2.45, 2.75) is 13.0 Å². The van der Waals surface area contributed by atoms with Gasteiger partial charge in [-0.15, -0.1) is 0 Å². The molecule has 3 rings (SSSR count). The van der Waals surface area contributed by atoms with E-state index in [1.165, 1.54) is 5.69 Å². The second-order valence-electron chi connectivity index (χ2n) is 7.69. The summed E-state index contributed by atoms with van der Waals surface area (Å²) in [4.78, 5) is 17.0. The number of rotatable bonds is 6. The van der Waals surface area contributed by atoms with E-state index in [0.29, 0.717) is 5.57 Å². The highest BCUT2D eigenvalue weighted by atomic mass is 16.3. The lowest BCUT2D eigenvalue weighted by Crippen LogP contribution is -2.44. The number of carbonyl (C=O) groups excluding carboxylic acids is 1. The molecule has 3 N–H and O–H groups in total. The van der Waals surface area contributed by atoms with Crippen molar-refractivity contribution in [1.29, 1.82) is 5.26 Å². The van der Waals surface area contributed by atoms with E-state index in [9.17, 15) is 15.2 Å². The van der Waals surface area contributed by atoms with Crippen LogP contribution in [0.2, 0.25) is 0 Å². The Labute approximate surface area is 176 Å². The van der Waals surface area contributed by atoms with Gasteiger partial charge in [0.2, 0.25) is 0 Å². The minimum absolute atomic E-state index is 0.00598. The number of nitrogens with zero attached hydrogens (tertiary/aromatic N) is 3. The lowest BCUT2D eigenvalue weighted by Gasteiger charge is -2.34. The maximum Gasteiger partial charge on any atom is 0.262 e. The van der Waals surface area contributed by atoms with Crippen LogP contribution in [-0.2, 0) is 4.79 Å². The van der Waals surface area contributed by atoms with Crippen LogP contribution in [0.5, 0.6) is 0 Å². The van der Waals surface area contributed by atoms with Crippen LogP contribution in [0.25, 0.3) is 16.3 Å². The van der Waals surface area contributed by atoms with E-state index in [0.717, 1.165) is 42.5 Å². The molecule has 1 atom stereocenters. The van der Waals surface area contributed by atoms with Crippen molar-refractivity contribution in [3.63, 3.8) is 0 Å². The first-order valence-electron chi connectivity index (χ1n) is 10.1. The van der Waals surface area contributed by atoms with Crippen LogP contribution in [0.4, 0.5) is 5.69 Å². The molecule has 0 aromatic heterocycles. The molecule has 1 unspecified atom stereocenters. The minimum Gasteiger partial charge on any atom is -0.394 e. The first-order valence-corrected chi connectivity index (χ1v) is 10.1. The van der Waals surface area contributed by atoms with Gasteiger partial charge >= 0.3 is 0 Å². The third-order valence-corrected chi connectivity index (χ3v) is 5.55. The van der Waals surface area contributed by atoms with E-state index < -0.39 is 18.6 Å². The van der Waals surface area contributed by atoms with Gasteiger partial charge in [-0.1, -0.05) is 18.2 Å². The van der Waals surface area contributed by atoms with Gasteiger partial charge in [0, 0.05) is 38.4 Å². The van der Waals surface area contributed by atoms with Gasteiger partial charge in [-0.05, 0) is 54.1 Å². The Bertz CT molecular complexity index is 988. The minimum atomic E-state index is -1.05. The van der Waals surface area contributed by atoms with Crippen molar-refractivity contribution in [1.82, 2.24) is 10.2 Å². The van der Waals surface area contributed by atoms with Crippen molar-refractivity contribution in [3.8, 4) is 6.07 Å². The summed E-state index contributed by atoms with van der Waals surface area (Å²) in [6.45, 7) is 5.29. The molecule has 7 heteroatoms. The quantitative estimate of drug-likeness (QED) is 0.493. The summed E-state index contributed by atoms with van der Waals surface area (Å²) >= 11 is 0. The fraction of sp³-hybridized carbons (Fsp3) is 0.391. The Balaban J connectivity index is 1.83. The molecule has 2 aromatic carbocycles. The Morgan fingerprint density at radius 2 is 1.83 bits per heavy atom. The fourth-order valence-electron chi connectivity index (χ4n) is 3.54. The van der Waals surface area contributed by atoms with E-state index in [1.807, 2.05) is 24.3 Å². The van der Waals surface area contributed by atoms with Crippen LogP contribution in [0.3, 0.4) is 0 Å². The molecule has 2 aromatic rings. The van der Waals surface area contributed by atoms with E-state index >= 15 is 0 Å². The molecule has 1 amide bonds. The first kappa shape index (κ1) is 21.8. The predicted octanol–water partition coefficient (Wildman–Crippen LogP) is 1.36. The number of allylic oxidation sites excluding steroid dienone is 1. The summed E-state index contributed by atoms with van der Waals surface area (Å²) < 4.78 is 0. The first-order chi connectivity index (χ1) is 14.4. The summed E-state index contributed by atoms with van der Waals surface area (Å²) in [5.41, 5.74) is 2.56. The molecule has 0 bridgehead atoms. The Morgan fingerprint density at radius 3 is 2.50 bits per heavy atom. The van der Waals surface area contributed by atoms with Gasteiger partial charge in [-0.3, -0.25) is 4.79 Å². The zero-order valence-corrected chi connectivity index (χ0v) is 17.4. The molecule has 1 heterocycles. The Morgan fingerprint density at radius 1 is 1.17 bits per heavy atom. The number of hydrogen-bond donors (Lipinski definition) is 3. The summed E-state index contributed by atoms with van der Waals surface area (Å²) in [5.74, 6) is -0.562. The van der Waals surface area contributed by atoms with Crippen LogP contribution in [0.1, 0.15) is 12.5 Å². The van der Waals surface area contributed by atoms with Crippen molar-refractivity contribution >= 4 is 27.9 Å². The third-order valence-electron chi connectivity index (χ3n) is 5.55.